The maximum atomic E-state index is 6.03. The van der Waals surface area contributed by atoms with Gasteiger partial charge in [-0.2, -0.15) is 0 Å². The highest BCUT2D eigenvalue weighted by atomic mass is 32.2. The summed E-state index contributed by atoms with van der Waals surface area (Å²) < 4.78 is 0. The molecule has 0 atom stereocenters. The van der Waals surface area contributed by atoms with Crippen LogP contribution in [-0.2, 0) is 0 Å². The first-order valence-electron chi connectivity index (χ1n) is 7.83. The van der Waals surface area contributed by atoms with Crippen molar-refractivity contribution in [2.75, 3.05) is 17.7 Å². The summed E-state index contributed by atoms with van der Waals surface area (Å²) in [4.78, 5) is 4.12. The lowest BCUT2D eigenvalue weighted by molar-refractivity contribution is 0.340. The summed E-state index contributed by atoms with van der Waals surface area (Å²) in [6, 6.07) is 7.02. The van der Waals surface area contributed by atoms with E-state index >= 15 is 0 Å². The van der Waals surface area contributed by atoms with Crippen LogP contribution >= 0.6 is 24.0 Å². The predicted octanol–water partition coefficient (Wildman–Crippen LogP) is 4.45. The number of hydrogen-bond acceptors (Lipinski definition) is 3. The van der Waals surface area contributed by atoms with Gasteiger partial charge in [0.15, 0.2) is 0 Å². The molecule has 0 radical (unpaired) electrons. The summed E-state index contributed by atoms with van der Waals surface area (Å²) in [5.41, 5.74) is 8.28. The zero-order valence-electron chi connectivity index (χ0n) is 13.3. The van der Waals surface area contributed by atoms with Crippen molar-refractivity contribution in [1.82, 2.24) is 0 Å². The second-order valence-electron chi connectivity index (χ2n) is 5.97. The van der Waals surface area contributed by atoms with Gasteiger partial charge >= 0.3 is 0 Å². The minimum atomic E-state index is 0.512. The molecule has 1 aliphatic rings. The third-order valence-corrected chi connectivity index (χ3v) is 5.61. The summed E-state index contributed by atoms with van der Waals surface area (Å²) in [5, 5.41) is 0. The highest BCUT2D eigenvalue weighted by Crippen LogP contribution is 2.34. The van der Waals surface area contributed by atoms with E-state index in [1.165, 1.54) is 36.3 Å². The molecule has 0 saturated heterocycles. The first-order chi connectivity index (χ1) is 10.0. The van der Waals surface area contributed by atoms with Gasteiger partial charge in [0.25, 0.3) is 0 Å². The maximum Gasteiger partial charge on any atom is 0.107 e. The predicted molar refractivity (Wildman–Crippen MR) is 98.6 cm³/mol. The molecule has 0 heterocycles. The third-order valence-electron chi connectivity index (χ3n) is 4.46. The molecule has 0 unspecified atom stereocenters. The van der Waals surface area contributed by atoms with Crippen LogP contribution < -0.4 is 10.6 Å². The van der Waals surface area contributed by atoms with E-state index in [9.17, 15) is 0 Å². The van der Waals surface area contributed by atoms with Crippen LogP contribution in [0.15, 0.2) is 23.1 Å². The standard InChI is InChI=1S/C17H26N2S2/c1-4-21-15-7-5-6-14(16(15)17(18)20)19(3)13-10-8-12(2)9-11-13/h5-7,12-13H,4,8-11H2,1-3H3,(H2,18,20). The second-order valence-corrected chi connectivity index (χ2v) is 7.72. The van der Waals surface area contributed by atoms with E-state index < -0.39 is 0 Å². The van der Waals surface area contributed by atoms with Gasteiger partial charge in [0, 0.05) is 29.2 Å². The van der Waals surface area contributed by atoms with Gasteiger partial charge in [-0.1, -0.05) is 32.1 Å². The van der Waals surface area contributed by atoms with Gasteiger partial charge < -0.3 is 10.6 Å². The lowest BCUT2D eigenvalue weighted by Crippen LogP contribution is -2.36. The Kier molecular flexibility index (Phi) is 5.94. The molecule has 0 aliphatic heterocycles. The van der Waals surface area contributed by atoms with E-state index in [-0.39, 0.29) is 0 Å². The number of nitrogens with zero attached hydrogens (tertiary/aromatic N) is 1. The van der Waals surface area contributed by atoms with Gasteiger partial charge in [-0.15, -0.1) is 11.8 Å². The lowest BCUT2D eigenvalue weighted by Gasteiger charge is -2.36. The number of nitrogens with two attached hydrogens (primary N) is 1. The molecule has 0 bridgehead atoms. The second kappa shape index (κ2) is 7.50. The first kappa shape index (κ1) is 16.6. The molecule has 21 heavy (non-hydrogen) atoms. The molecule has 0 aromatic heterocycles. The fraction of sp³-hybridized carbons (Fsp3) is 0.588. The minimum absolute atomic E-state index is 0.512. The van der Waals surface area contributed by atoms with Gasteiger partial charge in [0.2, 0.25) is 0 Å². The Morgan fingerprint density at radius 2 is 2.00 bits per heavy atom. The van der Waals surface area contributed by atoms with E-state index in [4.69, 9.17) is 18.0 Å². The van der Waals surface area contributed by atoms with Crippen molar-refractivity contribution < 1.29 is 0 Å². The molecule has 4 heteroatoms. The van der Waals surface area contributed by atoms with Gasteiger partial charge in [-0.05, 0) is 49.5 Å². The fourth-order valence-electron chi connectivity index (χ4n) is 3.16. The number of rotatable bonds is 5. The Morgan fingerprint density at radius 1 is 1.33 bits per heavy atom. The average molecular weight is 323 g/mol. The fourth-order valence-corrected chi connectivity index (χ4v) is 4.29. The molecular weight excluding hydrogens is 296 g/mol. The van der Waals surface area contributed by atoms with Crippen molar-refractivity contribution in [3.8, 4) is 0 Å². The molecule has 1 fully saturated rings. The zero-order valence-corrected chi connectivity index (χ0v) is 14.9. The molecule has 1 aromatic rings. The van der Waals surface area contributed by atoms with Crippen LogP contribution in [0.5, 0.6) is 0 Å². The summed E-state index contributed by atoms with van der Waals surface area (Å²) in [6.45, 7) is 4.52. The van der Waals surface area contributed by atoms with Crippen LogP contribution in [0.2, 0.25) is 0 Å². The van der Waals surface area contributed by atoms with Crippen molar-refractivity contribution in [2.45, 2.75) is 50.5 Å². The van der Waals surface area contributed by atoms with Gasteiger partial charge in [-0.3, -0.25) is 0 Å². The quantitative estimate of drug-likeness (QED) is 0.641. The largest absolute Gasteiger partial charge is 0.389 e. The van der Waals surface area contributed by atoms with Crippen molar-refractivity contribution in [2.24, 2.45) is 11.7 Å². The Morgan fingerprint density at radius 3 is 2.57 bits per heavy atom. The van der Waals surface area contributed by atoms with E-state index in [1.807, 2.05) is 11.8 Å². The van der Waals surface area contributed by atoms with Crippen molar-refractivity contribution in [3.05, 3.63) is 23.8 Å². The molecule has 0 amide bonds. The third kappa shape index (κ3) is 3.92. The van der Waals surface area contributed by atoms with E-state index in [0.29, 0.717) is 11.0 Å². The molecule has 1 saturated carbocycles. The van der Waals surface area contributed by atoms with Crippen LogP contribution in [0, 0.1) is 5.92 Å². The Balaban J connectivity index is 2.29. The number of thioether (sulfide) groups is 1. The molecule has 2 N–H and O–H groups in total. The molecule has 2 nitrogen and oxygen atoms in total. The Labute approximate surface area is 138 Å². The molecule has 1 aliphatic carbocycles. The SMILES string of the molecule is CCSc1cccc(N(C)C2CCC(C)CC2)c1C(N)=S. The smallest absolute Gasteiger partial charge is 0.107 e. The van der Waals surface area contributed by atoms with Crippen LogP contribution in [0.4, 0.5) is 5.69 Å². The summed E-state index contributed by atoms with van der Waals surface area (Å²) >= 11 is 7.14. The van der Waals surface area contributed by atoms with Crippen molar-refractivity contribution in [3.63, 3.8) is 0 Å². The van der Waals surface area contributed by atoms with Crippen LogP contribution in [0.3, 0.4) is 0 Å². The maximum absolute atomic E-state index is 6.03. The van der Waals surface area contributed by atoms with Gasteiger partial charge in [0.1, 0.15) is 4.99 Å². The van der Waals surface area contributed by atoms with Crippen LogP contribution in [0.25, 0.3) is 0 Å². The minimum Gasteiger partial charge on any atom is -0.389 e. The average Bonchev–Trinajstić information content (AvgIpc) is 2.47. The zero-order chi connectivity index (χ0) is 15.4. The summed E-state index contributed by atoms with van der Waals surface area (Å²) in [5.74, 6) is 1.90. The highest BCUT2D eigenvalue weighted by molar-refractivity contribution is 7.99. The molecule has 2 rings (SSSR count). The Bertz CT molecular complexity index is 494. The number of hydrogen-bond donors (Lipinski definition) is 1. The molecule has 0 spiro atoms. The van der Waals surface area contributed by atoms with Gasteiger partial charge in [0.05, 0.1) is 0 Å². The lowest BCUT2D eigenvalue weighted by atomic mass is 9.86. The monoisotopic (exact) mass is 322 g/mol. The summed E-state index contributed by atoms with van der Waals surface area (Å²) in [7, 11) is 2.19. The normalized spacial score (nSPS) is 22.0. The first-order valence-corrected chi connectivity index (χ1v) is 9.22. The Hall–Kier alpha value is -0.740. The topological polar surface area (TPSA) is 29.3 Å². The number of anilines is 1. The van der Waals surface area contributed by atoms with Crippen LogP contribution in [0.1, 0.15) is 45.1 Å². The summed E-state index contributed by atoms with van der Waals surface area (Å²) in [6.07, 6.45) is 5.17. The van der Waals surface area contributed by atoms with Crippen LogP contribution in [-0.4, -0.2) is 23.8 Å². The van der Waals surface area contributed by atoms with Gasteiger partial charge in [-0.25, -0.2) is 0 Å². The number of benzene rings is 1. The van der Waals surface area contributed by atoms with E-state index in [1.54, 1.807) is 0 Å². The highest BCUT2D eigenvalue weighted by Gasteiger charge is 2.24. The molecular formula is C17H26N2S2. The van der Waals surface area contributed by atoms with E-state index in [0.717, 1.165) is 17.2 Å². The molecule has 1 aromatic carbocycles. The molecule has 116 valence electrons. The van der Waals surface area contributed by atoms with Crippen molar-refractivity contribution >= 4 is 34.7 Å². The van der Waals surface area contributed by atoms with Crippen molar-refractivity contribution in [1.29, 1.82) is 0 Å². The van der Waals surface area contributed by atoms with E-state index in [2.05, 4.69) is 44.0 Å². The number of thiocarbonyl (C=S) groups is 1.